The Hall–Kier alpha value is -6.96. The number of allylic oxidation sites excluding steroid dienone is 10. The molecular weight excluding hydrogens is 639 g/mol. The summed E-state index contributed by atoms with van der Waals surface area (Å²) in [6, 6.07) is 57.1. The van der Waals surface area contributed by atoms with E-state index in [-0.39, 0.29) is 0 Å². The van der Waals surface area contributed by atoms with Gasteiger partial charge in [0.1, 0.15) is 0 Å². The van der Waals surface area contributed by atoms with Crippen LogP contribution in [-0.4, -0.2) is 0 Å². The molecule has 1 heteroatoms. The van der Waals surface area contributed by atoms with E-state index in [9.17, 15) is 0 Å². The molecule has 0 atom stereocenters. The molecule has 0 saturated heterocycles. The van der Waals surface area contributed by atoms with Gasteiger partial charge in [0.05, 0.1) is 0 Å². The van der Waals surface area contributed by atoms with Gasteiger partial charge in [0.25, 0.3) is 0 Å². The van der Waals surface area contributed by atoms with Gasteiger partial charge in [-0.1, -0.05) is 225 Å². The van der Waals surface area contributed by atoms with Gasteiger partial charge in [-0.3, -0.25) is 0 Å². The van der Waals surface area contributed by atoms with E-state index >= 15 is 0 Å². The Balaban J connectivity index is 1.16. The van der Waals surface area contributed by atoms with Crippen molar-refractivity contribution in [1.82, 2.24) is 0 Å². The number of benzene rings is 6. The van der Waals surface area contributed by atoms with Crippen LogP contribution in [0.1, 0.15) is 33.4 Å². The second-order valence-corrected chi connectivity index (χ2v) is 12.3. The molecule has 0 saturated carbocycles. The zero-order valence-electron chi connectivity index (χ0n) is 29.8. The zero-order valence-corrected chi connectivity index (χ0v) is 29.8. The second-order valence-electron chi connectivity index (χ2n) is 12.3. The van der Waals surface area contributed by atoms with Crippen LogP contribution in [0.4, 0.5) is 17.1 Å². The van der Waals surface area contributed by atoms with Crippen molar-refractivity contribution in [3.8, 4) is 0 Å². The molecule has 0 spiro atoms. The lowest BCUT2D eigenvalue weighted by Crippen LogP contribution is -2.09. The molecule has 6 aromatic carbocycles. The molecule has 0 amide bonds. The Bertz CT molecular complexity index is 2100. The lowest BCUT2D eigenvalue weighted by atomic mass is 10.1. The van der Waals surface area contributed by atoms with Crippen LogP contribution >= 0.6 is 0 Å². The predicted molar refractivity (Wildman–Crippen MR) is 233 cm³/mol. The van der Waals surface area contributed by atoms with Crippen LogP contribution in [0.25, 0.3) is 36.5 Å². The fourth-order valence-corrected chi connectivity index (χ4v) is 5.60. The average molecular weight is 682 g/mol. The fourth-order valence-electron chi connectivity index (χ4n) is 5.60. The molecule has 6 aromatic rings. The average Bonchev–Trinajstić information content (AvgIpc) is 3.22. The summed E-state index contributed by atoms with van der Waals surface area (Å²) in [7, 11) is 0. The van der Waals surface area contributed by atoms with E-state index in [1.54, 1.807) is 0 Å². The maximum absolute atomic E-state index is 2.30. The molecule has 0 unspecified atom stereocenters. The van der Waals surface area contributed by atoms with Crippen LogP contribution in [0.5, 0.6) is 0 Å². The van der Waals surface area contributed by atoms with Crippen LogP contribution in [0.3, 0.4) is 0 Å². The predicted octanol–water partition coefficient (Wildman–Crippen LogP) is 14.4. The van der Waals surface area contributed by atoms with Gasteiger partial charge < -0.3 is 4.90 Å². The van der Waals surface area contributed by atoms with Gasteiger partial charge in [-0.25, -0.2) is 0 Å². The molecule has 1 nitrogen and oxygen atoms in total. The summed E-state index contributed by atoms with van der Waals surface area (Å²) < 4.78 is 0. The zero-order chi connectivity index (χ0) is 36.2. The third-order valence-corrected chi connectivity index (χ3v) is 8.36. The topological polar surface area (TPSA) is 3.24 Å². The normalized spacial score (nSPS) is 12.3. The van der Waals surface area contributed by atoms with Crippen molar-refractivity contribution in [3.05, 3.63) is 258 Å². The van der Waals surface area contributed by atoms with Gasteiger partial charge in [-0.05, 0) is 69.8 Å². The number of anilines is 3. The number of hydrogen-bond donors (Lipinski definition) is 0. The highest BCUT2D eigenvalue weighted by atomic mass is 15.1. The molecule has 0 fully saturated rings. The Labute approximate surface area is 315 Å². The lowest BCUT2D eigenvalue weighted by Gasteiger charge is -2.26. The summed E-state index contributed by atoms with van der Waals surface area (Å²) in [4.78, 5) is 2.30. The molecule has 53 heavy (non-hydrogen) atoms. The Morgan fingerprint density at radius 2 is 0.415 bits per heavy atom. The third kappa shape index (κ3) is 11.8. The standard InChI is InChI=1S/C52H43N/c1(8-20-44-22-12-5-13-23-44)3-10-28-47-32-38-50(39-33-47)53(52-42-36-49(37-43-52)31-19-18-30-46-26-16-7-17-27-46)51-40-34-48(35-41-51)29-11-4-2-9-21-45-24-14-6-15-25-45/h1-43H/b3-1+,4-2+,20-8+,21-9+,28-10+,29-11+,30-18+,31-19+. The summed E-state index contributed by atoms with van der Waals surface area (Å²) in [6.07, 6.45) is 33.4. The maximum Gasteiger partial charge on any atom is 0.0462 e. The van der Waals surface area contributed by atoms with E-state index in [4.69, 9.17) is 0 Å². The van der Waals surface area contributed by atoms with Gasteiger partial charge in [0.2, 0.25) is 0 Å². The van der Waals surface area contributed by atoms with Gasteiger partial charge in [-0.15, -0.1) is 0 Å². The number of rotatable bonds is 14. The van der Waals surface area contributed by atoms with Crippen molar-refractivity contribution in [2.24, 2.45) is 0 Å². The minimum atomic E-state index is 1.09. The van der Waals surface area contributed by atoms with E-state index in [1.807, 2.05) is 42.5 Å². The Kier molecular flexibility index (Phi) is 13.5. The number of nitrogens with zero attached hydrogens (tertiary/aromatic N) is 1. The third-order valence-electron chi connectivity index (χ3n) is 8.36. The summed E-state index contributed by atoms with van der Waals surface area (Å²) >= 11 is 0. The fraction of sp³-hybridized carbons (Fsp3) is 0. The molecule has 0 aliphatic rings. The summed E-state index contributed by atoms with van der Waals surface area (Å²) in [5.41, 5.74) is 10.3. The largest absolute Gasteiger partial charge is 0.311 e. The summed E-state index contributed by atoms with van der Waals surface area (Å²) in [5.74, 6) is 0. The minimum absolute atomic E-state index is 1.09. The molecule has 0 aliphatic carbocycles. The highest BCUT2D eigenvalue weighted by Crippen LogP contribution is 2.35. The van der Waals surface area contributed by atoms with Crippen LogP contribution in [0, 0.1) is 0 Å². The number of hydrogen-bond acceptors (Lipinski definition) is 1. The van der Waals surface area contributed by atoms with Crippen molar-refractivity contribution < 1.29 is 0 Å². The van der Waals surface area contributed by atoms with Crippen LogP contribution in [0.2, 0.25) is 0 Å². The van der Waals surface area contributed by atoms with Crippen molar-refractivity contribution in [3.63, 3.8) is 0 Å². The smallest absolute Gasteiger partial charge is 0.0462 e. The van der Waals surface area contributed by atoms with Crippen molar-refractivity contribution >= 4 is 53.5 Å². The van der Waals surface area contributed by atoms with E-state index in [0.717, 1.165) is 33.8 Å². The molecule has 6 rings (SSSR count). The first-order valence-electron chi connectivity index (χ1n) is 17.9. The first-order chi connectivity index (χ1) is 26.3. The maximum atomic E-state index is 2.30. The lowest BCUT2D eigenvalue weighted by molar-refractivity contribution is 1.28. The minimum Gasteiger partial charge on any atom is -0.311 e. The molecule has 0 aromatic heterocycles. The summed E-state index contributed by atoms with van der Waals surface area (Å²) in [6.45, 7) is 0. The highest BCUT2D eigenvalue weighted by molar-refractivity contribution is 5.78. The summed E-state index contributed by atoms with van der Waals surface area (Å²) in [5, 5.41) is 0. The second kappa shape index (κ2) is 20.0. The van der Waals surface area contributed by atoms with E-state index in [1.165, 1.54) is 16.7 Å². The van der Waals surface area contributed by atoms with Gasteiger partial charge in [0, 0.05) is 17.1 Å². The molecule has 0 aliphatic heterocycles. The molecule has 0 heterocycles. The molecule has 0 bridgehead atoms. The van der Waals surface area contributed by atoms with Crippen molar-refractivity contribution in [2.45, 2.75) is 0 Å². The van der Waals surface area contributed by atoms with Crippen LogP contribution in [0.15, 0.2) is 225 Å². The Morgan fingerprint density at radius 3 is 0.660 bits per heavy atom. The van der Waals surface area contributed by atoms with Crippen LogP contribution in [-0.2, 0) is 0 Å². The first-order valence-corrected chi connectivity index (χ1v) is 17.9. The molecular formula is C52H43N. The monoisotopic (exact) mass is 681 g/mol. The van der Waals surface area contributed by atoms with Gasteiger partial charge in [-0.2, -0.15) is 0 Å². The van der Waals surface area contributed by atoms with Crippen molar-refractivity contribution in [1.29, 1.82) is 0 Å². The van der Waals surface area contributed by atoms with E-state index in [0.29, 0.717) is 0 Å². The molecule has 0 radical (unpaired) electrons. The quantitative estimate of drug-likeness (QED) is 0.103. The van der Waals surface area contributed by atoms with Gasteiger partial charge >= 0.3 is 0 Å². The molecule has 256 valence electrons. The van der Waals surface area contributed by atoms with Crippen LogP contribution < -0.4 is 4.90 Å². The SMILES string of the molecule is C(=C\C=C\c1ccc(N(c2ccc(/C=C/C=C/C=C/c3ccccc3)cc2)c2ccc(/C=C/C=C/c3ccccc3)cc2)cc1)/C=C/c1ccccc1. The van der Waals surface area contributed by atoms with Gasteiger partial charge in [0.15, 0.2) is 0 Å². The van der Waals surface area contributed by atoms with Crippen molar-refractivity contribution in [2.75, 3.05) is 4.90 Å². The van der Waals surface area contributed by atoms with E-state index < -0.39 is 0 Å². The molecule has 0 N–H and O–H groups in total. The highest BCUT2D eigenvalue weighted by Gasteiger charge is 2.12. The van der Waals surface area contributed by atoms with E-state index in [2.05, 4.69) is 223 Å². The Morgan fingerprint density at radius 1 is 0.208 bits per heavy atom. The first kappa shape index (κ1) is 35.9.